The van der Waals surface area contributed by atoms with E-state index in [4.69, 9.17) is 9.84 Å². The summed E-state index contributed by atoms with van der Waals surface area (Å²) >= 11 is 2.40. The fraction of sp³-hybridized carbons (Fsp3) is 0.158. The van der Waals surface area contributed by atoms with E-state index in [0.717, 1.165) is 40.6 Å². The molecule has 4 amide bonds. The van der Waals surface area contributed by atoms with Crippen LogP contribution in [0.5, 0.6) is 11.5 Å². The van der Waals surface area contributed by atoms with Gasteiger partial charge in [-0.25, -0.2) is 14.5 Å². The Morgan fingerprint density at radius 1 is 0.863 bits per heavy atom. The third-order valence-corrected chi connectivity index (χ3v) is 9.08. The van der Waals surface area contributed by atoms with Crippen molar-refractivity contribution in [2.75, 3.05) is 22.5 Å². The summed E-state index contributed by atoms with van der Waals surface area (Å²) in [5.74, 6) is 0.947. The van der Waals surface area contributed by atoms with E-state index in [1.165, 1.54) is 18.6 Å². The molecule has 6 aromatic rings. The SMILES string of the molecule is CCCC(I)c1cc(NC(=O)Nc2ccc(Oc3ccnc(NC(=O)CNC(=O)c4ccncc4)c3)c3ccccc23)n(-c2ccc(C)cc2)n1. The van der Waals surface area contributed by atoms with Crippen LogP contribution < -0.4 is 26.0 Å². The van der Waals surface area contributed by atoms with Crippen molar-refractivity contribution >= 4 is 68.5 Å². The second-order valence-electron chi connectivity index (χ2n) is 11.6. The Morgan fingerprint density at radius 2 is 1.63 bits per heavy atom. The van der Waals surface area contributed by atoms with Crippen LogP contribution in [-0.2, 0) is 4.79 Å². The number of pyridine rings is 2. The molecular weight excluding hydrogens is 759 g/mol. The Kier molecular flexibility index (Phi) is 11.2. The molecule has 0 aliphatic heterocycles. The van der Waals surface area contributed by atoms with E-state index >= 15 is 0 Å². The number of carbonyl (C=O) groups is 3. The van der Waals surface area contributed by atoms with Crippen LogP contribution >= 0.6 is 22.6 Å². The second-order valence-corrected chi connectivity index (χ2v) is 13.1. The maximum atomic E-state index is 13.5. The number of halogens is 1. The highest BCUT2D eigenvalue weighted by Gasteiger charge is 2.18. The third kappa shape index (κ3) is 8.86. The van der Waals surface area contributed by atoms with Gasteiger partial charge in [0.05, 0.1) is 27.5 Å². The lowest BCUT2D eigenvalue weighted by Crippen LogP contribution is -2.33. The Morgan fingerprint density at radius 3 is 2.39 bits per heavy atom. The van der Waals surface area contributed by atoms with Gasteiger partial charge in [0, 0.05) is 47.1 Å². The van der Waals surface area contributed by atoms with E-state index in [0.29, 0.717) is 28.6 Å². The molecule has 51 heavy (non-hydrogen) atoms. The lowest BCUT2D eigenvalue weighted by atomic mass is 10.1. The number of fused-ring (bicyclic) bond motifs is 1. The molecule has 0 fully saturated rings. The number of aromatic nitrogens is 4. The number of hydrogen-bond acceptors (Lipinski definition) is 7. The molecule has 6 rings (SSSR count). The van der Waals surface area contributed by atoms with Gasteiger partial charge in [-0.2, -0.15) is 5.10 Å². The molecule has 0 saturated heterocycles. The predicted molar refractivity (Wildman–Crippen MR) is 206 cm³/mol. The van der Waals surface area contributed by atoms with Crippen molar-refractivity contribution in [2.45, 2.75) is 30.6 Å². The van der Waals surface area contributed by atoms with Gasteiger partial charge in [-0.15, -0.1) is 0 Å². The monoisotopic (exact) mass is 794 g/mol. The summed E-state index contributed by atoms with van der Waals surface area (Å²) in [6.07, 6.45) is 6.51. The average molecular weight is 795 g/mol. The molecule has 3 aromatic carbocycles. The molecular formula is C38H35IN8O4. The fourth-order valence-electron chi connectivity index (χ4n) is 5.29. The summed E-state index contributed by atoms with van der Waals surface area (Å²) in [5.41, 5.74) is 3.86. The molecule has 0 aliphatic rings. The number of nitrogens with one attached hydrogen (secondary N) is 4. The minimum Gasteiger partial charge on any atom is -0.457 e. The number of nitrogens with zero attached hydrogens (tertiary/aromatic N) is 4. The van der Waals surface area contributed by atoms with E-state index < -0.39 is 11.9 Å². The highest BCUT2D eigenvalue weighted by Crippen LogP contribution is 2.35. The van der Waals surface area contributed by atoms with E-state index in [1.54, 1.807) is 41.1 Å². The number of alkyl halides is 1. The minimum absolute atomic E-state index is 0.206. The summed E-state index contributed by atoms with van der Waals surface area (Å²) < 4.78 is 8.20. The summed E-state index contributed by atoms with van der Waals surface area (Å²) in [4.78, 5) is 46.3. The van der Waals surface area contributed by atoms with Crippen molar-refractivity contribution in [1.29, 1.82) is 0 Å². The highest BCUT2D eigenvalue weighted by molar-refractivity contribution is 14.1. The molecule has 3 aromatic heterocycles. The maximum Gasteiger partial charge on any atom is 0.324 e. The number of hydrogen-bond donors (Lipinski definition) is 4. The molecule has 0 aliphatic carbocycles. The van der Waals surface area contributed by atoms with Gasteiger partial charge < -0.3 is 20.7 Å². The molecule has 258 valence electrons. The van der Waals surface area contributed by atoms with Crippen LogP contribution in [0.3, 0.4) is 0 Å². The normalized spacial score (nSPS) is 11.4. The van der Waals surface area contributed by atoms with Crippen LogP contribution in [0.4, 0.5) is 22.1 Å². The Bertz CT molecular complexity index is 2170. The van der Waals surface area contributed by atoms with Crippen LogP contribution in [0.25, 0.3) is 16.5 Å². The molecule has 4 N–H and O–H groups in total. The van der Waals surface area contributed by atoms with E-state index in [9.17, 15) is 14.4 Å². The summed E-state index contributed by atoms with van der Waals surface area (Å²) in [7, 11) is 0. The molecule has 12 nitrogen and oxygen atoms in total. The van der Waals surface area contributed by atoms with Crippen LogP contribution in [-0.4, -0.2) is 44.1 Å². The van der Waals surface area contributed by atoms with Gasteiger partial charge in [0.2, 0.25) is 5.91 Å². The first-order valence-corrected chi connectivity index (χ1v) is 17.5. The molecule has 3 heterocycles. The quantitative estimate of drug-likeness (QED) is 0.0720. The molecule has 1 atom stereocenters. The standard InChI is InChI=1S/C38H35IN8O4/c1-3-6-30(39)32-22-35(47(46-32)26-11-9-24(2)10-12-26)45-38(50)43-31-13-14-33(29-8-5-4-7-28(29)31)51-27-17-20-41-34(21-27)44-36(48)23-42-37(49)25-15-18-40-19-16-25/h4-5,7-22,30H,3,6,23H2,1-2H3,(H,42,49)(H,41,44,48)(H2,43,45,50). The van der Waals surface area contributed by atoms with Crippen molar-refractivity contribution in [1.82, 2.24) is 25.1 Å². The van der Waals surface area contributed by atoms with Crippen molar-refractivity contribution in [3.8, 4) is 17.2 Å². The van der Waals surface area contributed by atoms with Crippen molar-refractivity contribution in [3.05, 3.63) is 126 Å². The summed E-state index contributed by atoms with van der Waals surface area (Å²) in [5, 5.41) is 17.6. The number of anilines is 3. The second kappa shape index (κ2) is 16.3. The molecule has 0 bridgehead atoms. The fourth-order valence-corrected chi connectivity index (χ4v) is 6.22. The Balaban J connectivity index is 1.15. The van der Waals surface area contributed by atoms with Crippen LogP contribution in [0.2, 0.25) is 0 Å². The van der Waals surface area contributed by atoms with E-state index in [2.05, 4.69) is 60.7 Å². The smallest absolute Gasteiger partial charge is 0.324 e. The number of urea groups is 1. The molecule has 0 saturated carbocycles. The highest BCUT2D eigenvalue weighted by atomic mass is 127. The van der Waals surface area contributed by atoms with Crippen LogP contribution in [0, 0.1) is 6.92 Å². The van der Waals surface area contributed by atoms with Crippen molar-refractivity contribution in [2.24, 2.45) is 0 Å². The number of aryl methyl sites for hydroxylation is 1. The van der Waals surface area contributed by atoms with Gasteiger partial charge in [-0.05, 0) is 55.8 Å². The topological polar surface area (TPSA) is 152 Å². The van der Waals surface area contributed by atoms with E-state index in [1.807, 2.05) is 61.5 Å². The molecule has 0 spiro atoms. The van der Waals surface area contributed by atoms with Gasteiger partial charge in [-0.3, -0.25) is 19.9 Å². The summed E-state index contributed by atoms with van der Waals surface area (Å²) in [6.45, 7) is 3.92. The van der Waals surface area contributed by atoms with Gasteiger partial charge in [-0.1, -0.05) is 77.9 Å². The number of amides is 4. The first-order valence-electron chi connectivity index (χ1n) is 16.3. The zero-order chi connectivity index (χ0) is 35.7. The van der Waals surface area contributed by atoms with E-state index in [-0.39, 0.29) is 22.2 Å². The number of ether oxygens (including phenoxy) is 1. The molecule has 13 heteroatoms. The molecule has 1 unspecified atom stereocenters. The van der Waals surface area contributed by atoms with Crippen molar-refractivity contribution < 1.29 is 19.1 Å². The number of benzene rings is 3. The predicted octanol–water partition coefficient (Wildman–Crippen LogP) is 8.20. The molecule has 0 radical (unpaired) electrons. The third-order valence-electron chi connectivity index (χ3n) is 7.82. The Labute approximate surface area is 308 Å². The number of carbonyl (C=O) groups excluding carboxylic acids is 3. The largest absolute Gasteiger partial charge is 0.457 e. The number of rotatable bonds is 12. The minimum atomic E-state index is -0.450. The average Bonchev–Trinajstić information content (AvgIpc) is 3.56. The first kappa shape index (κ1) is 35.0. The zero-order valence-corrected chi connectivity index (χ0v) is 30.0. The van der Waals surface area contributed by atoms with Crippen LogP contribution in [0.1, 0.15) is 45.3 Å². The van der Waals surface area contributed by atoms with Gasteiger partial charge >= 0.3 is 6.03 Å². The Hall–Kier alpha value is -5.83. The van der Waals surface area contributed by atoms with Crippen molar-refractivity contribution in [3.63, 3.8) is 0 Å². The lowest BCUT2D eigenvalue weighted by Gasteiger charge is -2.15. The van der Waals surface area contributed by atoms with Crippen LogP contribution in [0.15, 0.2) is 110 Å². The van der Waals surface area contributed by atoms with Gasteiger partial charge in [0.1, 0.15) is 23.1 Å². The van der Waals surface area contributed by atoms with Gasteiger partial charge in [0.25, 0.3) is 5.91 Å². The zero-order valence-electron chi connectivity index (χ0n) is 27.9. The first-order chi connectivity index (χ1) is 24.8. The summed E-state index contributed by atoms with van der Waals surface area (Å²) in [6, 6.07) is 27.0. The maximum absolute atomic E-state index is 13.5. The lowest BCUT2D eigenvalue weighted by molar-refractivity contribution is -0.115. The van der Waals surface area contributed by atoms with Gasteiger partial charge in [0.15, 0.2) is 0 Å².